The highest BCUT2D eigenvalue weighted by Crippen LogP contribution is 2.28. The Hall–Kier alpha value is -1.23. The van der Waals surface area contributed by atoms with Crippen molar-refractivity contribution >= 4 is 15.9 Å². The molecule has 0 aliphatic carbocycles. The SMILES string of the molecule is CC(C)(C)c1ccc(C(NN)c2cc(F)cc(Br)c2)cc1. The molecule has 0 amide bonds. The fraction of sp³-hybridized carbons (Fsp3) is 0.294. The Morgan fingerprint density at radius 2 is 1.67 bits per heavy atom. The van der Waals surface area contributed by atoms with Gasteiger partial charge in [0.25, 0.3) is 0 Å². The van der Waals surface area contributed by atoms with Gasteiger partial charge in [0.1, 0.15) is 5.82 Å². The van der Waals surface area contributed by atoms with Gasteiger partial charge in [-0.05, 0) is 40.3 Å². The maximum atomic E-state index is 13.6. The predicted octanol–water partition coefficient (Wildman–Crippen LogP) is 4.44. The second-order valence-electron chi connectivity index (χ2n) is 6.17. The first-order valence-electron chi connectivity index (χ1n) is 6.84. The number of nitrogens with two attached hydrogens (primary N) is 1. The van der Waals surface area contributed by atoms with Gasteiger partial charge in [-0.1, -0.05) is 61.0 Å². The van der Waals surface area contributed by atoms with E-state index in [-0.39, 0.29) is 17.3 Å². The van der Waals surface area contributed by atoms with Crippen LogP contribution in [0.2, 0.25) is 0 Å². The number of rotatable bonds is 3. The van der Waals surface area contributed by atoms with Crippen LogP contribution in [0.4, 0.5) is 4.39 Å². The molecule has 2 aromatic rings. The second-order valence-corrected chi connectivity index (χ2v) is 7.09. The fourth-order valence-electron chi connectivity index (χ4n) is 2.30. The van der Waals surface area contributed by atoms with Crippen molar-refractivity contribution < 1.29 is 4.39 Å². The molecule has 0 radical (unpaired) electrons. The first-order chi connectivity index (χ1) is 9.81. The molecule has 0 saturated heterocycles. The maximum absolute atomic E-state index is 13.6. The lowest BCUT2D eigenvalue weighted by molar-refractivity contribution is 0.587. The average Bonchev–Trinajstić information content (AvgIpc) is 2.38. The highest BCUT2D eigenvalue weighted by atomic mass is 79.9. The van der Waals surface area contributed by atoms with Gasteiger partial charge in [-0.3, -0.25) is 5.84 Å². The number of hydrazine groups is 1. The van der Waals surface area contributed by atoms with Gasteiger partial charge in [0.05, 0.1) is 6.04 Å². The molecule has 0 aliphatic heterocycles. The van der Waals surface area contributed by atoms with Crippen molar-refractivity contribution in [3.05, 3.63) is 69.4 Å². The molecule has 112 valence electrons. The van der Waals surface area contributed by atoms with Crippen LogP contribution in [-0.4, -0.2) is 0 Å². The zero-order chi connectivity index (χ0) is 15.6. The highest BCUT2D eigenvalue weighted by molar-refractivity contribution is 9.10. The van der Waals surface area contributed by atoms with Crippen molar-refractivity contribution in [2.45, 2.75) is 32.2 Å². The standard InChI is InChI=1S/C17H20BrFN2/c1-17(2,3)13-6-4-11(5-7-13)16(21-20)12-8-14(18)10-15(19)9-12/h4-10,16,21H,20H2,1-3H3. The molecule has 0 saturated carbocycles. The van der Waals surface area contributed by atoms with Gasteiger partial charge in [-0.15, -0.1) is 0 Å². The Labute approximate surface area is 133 Å². The molecule has 0 bridgehead atoms. The summed E-state index contributed by atoms with van der Waals surface area (Å²) in [6.45, 7) is 6.51. The summed E-state index contributed by atoms with van der Waals surface area (Å²) >= 11 is 3.31. The smallest absolute Gasteiger partial charge is 0.124 e. The Bertz CT molecular complexity index is 597. The topological polar surface area (TPSA) is 38.0 Å². The molecule has 0 aromatic heterocycles. The van der Waals surface area contributed by atoms with E-state index >= 15 is 0 Å². The summed E-state index contributed by atoms with van der Waals surface area (Å²) in [5.41, 5.74) is 5.90. The van der Waals surface area contributed by atoms with Crippen LogP contribution in [0.1, 0.15) is 43.5 Å². The van der Waals surface area contributed by atoms with Crippen molar-refractivity contribution in [1.82, 2.24) is 5.43 Å². The molecule has 4 heteroatoms. The molecular weight excluding hydrogens is 331 g/mol. The molecule has 21 heavy (non-hydrogen) atoms. The Kier molecular flexibility index (Phi) is 4.81. The van der Waals surface area contributed by atoms with Crippen LogP contribution in [0, 0.1) is 5.82 Å². The van der Waals surface area contributed by atoms with Gasteiger partial charge >= 0.3 is 0 Å². The monoisotopic (exact) mass is 350 g/mol. The number of hydrogen-bond acceptors (Lipinski definition) is 2. The molecule has 0 fully saturated rings. The zero-order valence-electron chi connectivity index (χ0n) is 12.5. The molecule has 2 rings (SSSR count). The van der Waals surface area contributed by atoms with E-state index in [2.05, 4.69) is 54.3 Å². The lowest BCUT2D eigenvalue weighted by atomic mass is 9.86. The van der Waals surface area contributed by atoms with E-state index in [1.54, 1.807) is 0 Å². The third-order valence-electron chi connectivity index (χ3n) is 3.49. The molecule has 2 aromatic carbocycles. The van der Waals surface area contributed by atoms with Crippen LogP contribution in [0.3, 0.4) is 0 Å². The van der Waals surface area contributed by atoms with Crippen LogP contribution in [0.15, 0.2) is 46.9 Å². The quantitative estimate of drug-likeness (QED) is 0.634. The van der Waals surface area contributed by atoms with Gasteiger partial charge in [0, 0.05) is 4.47 Å². The van der Waals surface area contributed by atoms with Gasteiger partial charge in [0.15, 0.2) is 0 Å². The summed E-state index contributed by atoms with van der Waals surface area (Å²) < 4.78 is 14.3. The zero-order valence-corrected chi connectivity index (χ0v) is 14.0. The molecule has 0 aliphatic rings. The number of hydrogen-bond donors (Lipinski definition) is 2. The molecule has 2 nitrogen and oxygen atoms in total. The van der Waals surface area contributed by atoms with E-state index < -0.39 is 0 Å². The maximum Gasteiger partial charge on any atom is 0.124 e. The van der Waals surface area contributed by atoms with Crippen LogP contribution in [0.5, 0.6) is 0 Å². The number of benzene rings is 2. The summed E-state index contributed by atoms with van der Waals surface area (Å²) in [5, 5.41) is 0. The van der Waals surface area contributed by atoms with E-state index in [1.165, 1.54) is 17.7 Å². The average molecular weight is 351 g/mol. The van der Waals surface area contributed by atoms with E-state index in [0.717, 1.165) is 11.1 Å². The van der Waals surface area contributed by atoms with Crippen LogP contribution in [-0.2, 0) is 5.41 Å². The summed E-state index contributed by atoms with van der Waals surface area (Å²) in [7, 11) is 0. The van der Waals surface area contributed by atoms with Crippen LogP contribution in [0.25, 0.3) is 0 Å². The number of nitrogens with one attached hydrogen (secondary N) is 1. The van der Waals surface area contributed by atoms with Gasteiger partial charge < -0.3 is 0 Å². The number of halogens is 2. The Balaban J connectivity index is 2.37. The van der Waals surface area contributed by atoms with Gasteiger partial charge in [-0.25, -0.2) is 9.82 Å². The Morgan fingerprint density at radius 1 is 1.05 bits per heavy atom. The summed E-state index contributed by atoms with van der Waals surface area (Å²) in [4.78, 5) is 0. The first kappa shape index (κ1) is 16.1. The van der Waals surface area contributed by atoms with E-state index in [4.69, 9.17) is 5.84 Å². The normalized spacial score (nSPS) is 13.2. The molecule has 1 atom stereocenters. The van der Waals surface area contributed by atoms with Crippen LogP contribution < -0.4 is 11.3 Å². The Morgan fingerprint density at radius 3 is 2.14 bits per heavy atom. The van der Waals surface area contributed by atoms with Crippen molar-refractivity contribution in [3.63, 3.8) is 0 Å². The molecule has 3 N–H and O–H groups in total. The largest absolute Gasteiger partial charge is 0.271 e. The lowest BCUT2D eigenvalue weighted by Gasteiger charge is -2.22. The second kappa shape index (κ2) is 6.26. The minimum atomic E-state index is -0.286. The molecular formula is C17H20BrFN2. The predicted molar refractivity (Wildman–Crippen MR) is 88.4 cm³/mol. The summed E-state index contributed by atoms with van der Waals surface area (Å²) in [6.07, 6.45) is 0. The van der Waals surface area contributed by atoms with E-state index in [1.807, 2.05) is 18.2 Å². The van der Waals surface area contributed by atoms with Crippen LogP contribution >= 0.6 is 15.9 Å². The summed E-state index contributed by atoms with van der Waals surface area (Å²) in [6, 6.07) is 12.8. The first-order valence-corrected chi connectivity index (χ1v) is 7.63. The van der Waals surface area contributed by atoms with E-state index in [0.29, 0.717) is 4.47 Å². The minimum Gasteiger partial charge on any atom is -0.271 e. The lowest BCUT2D eigenvalue weighted by Crippen LogP contribution is -2.29. The van der Waals surface area contributed by atoms with Crippen molar-refractivity contribution in [3.8, 4) is 0 Å². The third kappa shape index (κ3) is 3.90. The van der Waals surface area contributed by atoms with Crippen molar-refractivity contribution in [1.29, 1.82) is 0 Å². The van der Waals surface area contributed by atoms with Crippen molar-refractivity contribution in [2.75, 3.05) is 0 Å². The van der Waals surface area contributed by atoms with Crippen molar-refractivity contribution in [2.24, 2.45) is 5.84 Å². The third-order valence-corrected chi connectivity index (χ3v) is 3.95. The minimum absolute atomic E-state index is 0.103. The van der Waals surface area contributed by atoms with E-state index in [9.17, 15) is 4.39 Å². The summed E-state index contributed by atoms with van der Waals surface area (Å²) in [5.74, 6) is 5.39. The fourth-order valence-corrected chi connectivity index (χ4v) is 2.79. The van der Waals surface area contributed by atoms with Gasteiger partial charge in [-0.2, -0.15) is 0 Å². The van der Waals surface area contributed by atoms with Gasteiger partial charge in [0.2, 0.25) is 0 Å². The molecule has 1 unspecified atom stereocenters. The molecule has 0 heterocycles. The molecule has 0 spiro atoms. The highest BCUT2D eigenvalue weighted by Gasteiger charge is 2.17.